The van der Waals surface area contributed by atoms with E-state index in [4.69, 9.17) is 15.4 Å². The van der Waals surface area contributed by atoms with Crippen molar-refractivity contribution < 1.29 is 30.4 Å². The van der Waals surface area contributed by atoms with Gasteiger partial charge in [-0.25, -0.2) is 0 Å². The largest absolute Gasteiger partial charge is 0.389 e. The standard InChI is InChI=1S/C8H17NO6/c1-2-9(15)3-5(11)7(13)8(14)6(12)4-10/h4-8,11-15H,2-3H2,1H3/t5-,6+,7-,8-/m1/s1. The van der Waals surface area contributed by atoms with Gasteiger partial charge in [0.15, 0.2) is 6.29 Å². The highest BCUT2D eigenvalue weighted by atomic mass is 16.5. The van der Waals surface area contributed by atoms with Crippen molar-refractivity contribution >= 4 is 6.29 Å². The fourth-order valence-corrected chi connectivity index (χ4v) is 0.963. The van der Waals surface area contributed by atoms with Gasteiger partial charge in [0.25, 0.3) is 0 Å². The third kappa shape index (κ3) is 4.65. The molecule has 0 aromatic carbocycles. The minimum atomic E-state index is -1.78. The van der Waals surface area contributed by atoms with E-state index in [1.807, 2.05) is 0 Å². The highest BCUT2D eigenvalue weighted by Gasteiger charge is 2.30. The summed E-state index contributed by atoms with van der Waals surface area (Å²) < 4.78 is 0. The molecule has 0 heterocycles. The van der Waals surface area contributed by atoms with Crippen molar-refractivity contribution in [2.45, 2.75) is 31.3 Å². The van der Waals surface area contributed by atoms with Crippen molar-refractivity contribution in [1.29, 1.82) is 0 Å². The molecule has 0 aliphatic carbocycles. The molecule has 0 rings (SSSR count). The molecule has 0 aliphatic heterocycles. The monoisotopic (exact) mass is 223 g/mol. The average molecular weight is 223 g/mol. The Kier molecular flexibility index (Phi) is 6.57. The number of hydroxylamine groups is 2. The van der Waals surface area contributed by atoms with Crippen LogP contribution < -0.4 is 0 Å². The third-order valence-electron chi connectivity index (χ3n) is 2.00. The Labute approximate surface area is 87.1 Å². The van der Waals surface area contributed by atoms with Gasteiger partial charge in [-0.1, -0.05) is 6.92 Å². The summed E-state index contributed by atoms with van der Waals surface area (Å²) in [5.41, 5.74) is 0. The van der Waals surface area contributed by atoms with Crippen LogP contribution in [0.1, 0.15) is 6.92 Å². The van der Waals surface area contributed by atoms with Crippen molar-refractivity contribution in [3.63, 3.8) is 0 Å². The minimum absolute atomic E-state index is 0.0527. The van der Waals surface area contributed by atoms with Gasteiger partial charge in [0.1, 0.15) is 18.3 Å². The topological polar surface area (TPSA) is 121 Å². The molecule has 5 N–H and O–H groups in total. The van der Waals surface area contributed by atoms with E-state index in [1.165, 1.54) is 0 Å². The number of carbonyl (C=O) groups excluding carboxylic acids is 1. The van der Waals surface area contributed by atoms with E-state index < -0.39 is 24.4 Å². The smallest absolute Gasteiger partial charge is 0.151 e. The Balaban J connectivity index is 4.17. The molecule has 0 bridgehead atoms. The number of aldehydes is 1. The Hall–Kier alpha value is -0.570. The van der Waals surface area contributed by atoms with E-state index >= 15 is 0 Å². The van der Waals surface area contributed by atoms with Gasteiger partial charge in [-0.15, -0.1) is 0 Å². The first kappa shape index (κ1) is 14.4. The van der Waals surface area contributed by atoms with Crippen LogP contribution in [-0.2, 0) is 4.79 Å². The molecule has 7 heteroatoms. The second-order valence-electron chi connectivity index (χ2n) is 3.18. The number of aliphatic hydroxyl groups is 4. The predicted octanol–water partition coefficient (Wildman–Crippen LogP) is -2.66. The van der Waals surface area contributed by atoms with Gasteiger partial charge < -0.3 is 30.4 Å². The lowest BCUT2D eigenvalue weighted by Crippen LogP contribution is -2.48. The van der Waals surface area contributed by atoms with Crippen LogP contribution in [0.5, 0.6) is 0 Å². The van der Waals surface area contributed by atoms with E-state index in [0.717, 1.165) is 5.06 Å². The molecule has 0 saturated carbocycles. The van der Waals surface area contributed by atoms with Gasteiger partial charge in [0, 0.05) is 6.54 Å². The first-order valence-electron chi connectivity index (χ1n) is 4.55. The number of rotatable bonds is 7. The molecule has 0 fully saturated rings. The van der Waals surface area contributed by atoms with Crippen LogP contribution in [0.25, 0.3) is 0 Å². The highest BCUT2D eigenvalue weighted by Crippen LogP contribution is 2.05. The highest BCUT2D eigenvalue weighted by molar-refractivity contribution is 5.56. The van der Waals surface area contributed by atoms with Crippen molar-refractivity contribution in [2.24, 2.45) is 0 Å². The van der Waals surface area contributed by atoms with Gasteiger partial charge in [-0.3, -0.25) is 0 Å². The Morgan fingerprint density at radius 1 is 1.20 bits per heavy atom. The van der Waals surface area contributed by atoms with Crippen molar-refractivity contribution in [2.75, 3.05) is 13.1 Å². The van der Waals surface area contributed by atoms with Gasteiger partial charge in [-0.2, -0.15) is 5.06 Å². The quantitative estimate of drug-likeness (QED) is 0.236. The van der Waals surface area contributed by atoms with Crippen LogP contribution in [0.2, 0.25) is 0 Å². The molecule has 0 radical (unpaired) electrons. The van der Waals surface area contributed by atoms with Gasteiger partial charge >= 0.3 is 0 Å². The molecule has 0 aliphatic rings. The van der Waals surface area contributed by atoms with Crippen LogP contribution in [0.15, 0.2) is 0 Å². The van der Waals surface area contributed by atoms with Crippen molar-refractivity contribution in [1.82, 2.24) is 5.06 Å². The van der Waals surface area contributed by atoms with Crippen LogP contribution in [0.4, 0.5) is 0 Å². The van der Waals surface area contributed by atoms with Crippen LogP contribution in [0.3, 0.4) is 0 Å². The maximum Gasteiger partial charge on any atom is 0.151 e. The molecule has 0 spiro atoms. The molecular formula is C8H17NO6. The third-order valence-corrected chi connectivity index (χ3v) is 2.00. The molecule has 90 valence electrons. The van der Waals surface area contributed by atoms with Crippen LogP contribution >= 0.6 is 0 Å². The number of hydrogen-bond donors (Lipinski definition) is 5. The molecular weight excluding hydrogens is 206 g/mol. The summed E-state index contributed by atoms with van der Waals surface area (Å²) in [5, 5.41) is 46.3. The average Bonchev–Trinajstić information content (AvgIpc) is 2.25. The van der Waals surface area contributed by atoms with E-state index in [2.05, 4.69) is 0 Å². The van der Waals surface area contributed by atoms with Crippen LogP contribution in [-0.4, -0.2) is 74.5 Å². The van der Waals surface area contributed by atoms with Crippen molar-refractivity contribution in [3.05, 3.63) is 0 Å². The lowest BCUT2D eigenvalue weighted by atomic mass is 10.0. The van der Waals surface area contributed by atoms with Gasteiger partial charge in [0.05, 0.1) is 12.6 Å². The molecule has 0 saturated heterocycles. The maximum atomic E-state index is 10.1. The fraction of sp³-hybridized carbons (Fsp3) is 0.875. The van der Waals surface area contributed by atoms with E-state index in [-0.39, 0.29) is 19.4 Å². The summed E-state index contributed by atoms with van der Waals surface area (Å²) in [6, 6.07) is 0. The van der Waals surface area contributed by atoms with Gasteiger partial charge in [0.2, 0.25) is 0 Å². The molecule has 7 nitrogen and oxygen atoms in total. The first-order valence-corrected chi connectivity index (χ1v) is 4.55. The Morgan fingerprint density at radius 2 is 1.73 bits per heavy atom. The second kappa shape index (κ2) is 6.83. The lowest BCUT2D eigenvalue weighted by molar-refractivity contribution is -0.155. The fourth-order valence-electron chi connectivity index (χ4n) is 0.963. The second-order valence-corrected chi connectivity index (χ2v) is 3.18. The van der Waals surface area contributed by atoms with Crippen LogP contribution in [0, 0.1) is 0 Å². The number of carbonyl (C=O) groups is 1. The zero-order valence-corrected chi connectivity index (χ0v) is 8.39. The molecule has 0 amide bonds. The minimum Gasteiger partial charge on any atom is -0.389 e. The molecule has 0 aromatic rings. The summed E-state index contributed by atoms with van der Waals surface area (Å²) in [6.45, 7) is 1.56. The van der Waals surface area contributed by atoms with E-state index in [0.29, 0.717) is 0 Å². The van der Waals surface area contributed by atoms with Crippen molar-refractivity contribution in [3.8, 4) is 0 Å². The number of likely N-dealkylation sites (N-methyl/N-ethyl adjacent to an activating group) is 1. The lowest BCUT2D eigenvalue weighted by Gasteiger charge is -2.26. The molecule has 0 aromatic heterocycles. The number of aliphatic hydroxyl groups excluding tert-OH is 4. The van der Waals surface area contributed by atoms with E-state index in [1.54, 1.807) is 6.92 Å². The summed E-state index contributed by atoms with van der Waals surface area (Å²) in [6.07, 6.45) is -6.64. The summed E-state index contributed by atoms with van der Waals surface area (Å²) >= 11 is 0. The maximum absolute atomic E-state index is 10.1. The SMILES string of the molecule is CCN(O)C[C@@H](O)[C@@H](O)[C@H](O)[C@@H](O)C=O. The summed E-state index contributed by atoms with van der Waals surface area (Å²) in [4.78, 5) is 10.1. The normalized spacial score (nSPS) is 19.7. The molecule has 0 unspecified atom stereocenters. The molecule has 15 heavy (non-hydrogen) atoms. The summed E-state index contributed by atoms with van der Waals surface area (Å²) in [5.74, 6) is 0. The first-order chi connectivity index (χ1) is 6.93. The molecule has 4 atom stereocenters. The zero-order chi connectivity index (χ0) is 12.0. The zero-order valence-electron chi connectivity index (χ0n) is 8.39. The van der Waals surface area contributed by atoms with E-state index in [9.17, 15) is 15.0 Å². The number of hydrogen-bond acceptors (Lipinski definition) is 7. The Morgan fingerprint density at radius 3 is 2.13 bits per heavy atom. The predicted molar refractivity (Wildman–Crippen MR) is 49.1 cm³/mol. The summed E-state index contributed by atoms with van der Waals surface area (Å²) in [7, 11) is 0. The van der Waals surface area contributed by atoms with Gasteiger partial charge in [-0.05, 0) is 0 Å². The Bertz CT molecular complexity index is 190. The number of nitrogens with zero attached hydrogens (tertiary/aromatic N) is 1.